The first-order valence-corrected chi connectivity index (χ1v) is 16.2. The van der Waals surface area contributed by atoms with Crippen molar-refractivity contribution in [1.29, 1.82) is 0 Å². The Kier molecular flexibility index (Phi) is 13.3. The lowest BCUT2D eigenvalue weighted by Crippen LogP contribution is -2.40. The fourth-order valence-electron chi connectivity index (χ4n) is 5.13. The summed E-state index contributed by atoms with van der Waals surface area (Å²) in [7, 11) is 1.50. The van der Waals surface area contributed by atoms with Crippen LogP contribution in [0.2, 0.25) is 0 Å². The van der Waals surface area contributed by atoms with Gasteiger partial charge >= 0.3 is 6.09 Å². The Morgan fingerprint density at radius 1 is 0.870 bits per heavy atom. The predicted octanol–water partition coefficient (Wildman–Crippen LogP) is 6.96. The standard InChI is InChI=1S/C34H40N4O4.C2H6.CH5N/c1-22-5-14-28(36-32(40)26-12-13-26)19-30(22)24-8-10-25(11-9-24)31(39)35-27-15-6-23(7-16-27)20-38-18-17-29(21-38)37-33(41)42-34(2,3)4;2*1-2/h5-11,14-16,19,26,29H,12-13,17-18,20-21H2,1-4H3,(H,35,39)(H,36,40)(H,37,41);1-2H3;2H2,1H3/t29-;;/m1../s1. The molecule has 248 valence electrons. The number of nitrogens with two attached hydrogens (primary N) is 1. The third-order valence-corrected chi connectivity index (χ3v) is 7.52. The van der Waals surface area contributed by atoms with Crippen LogP contribution in [0, 0.1) is 12.8 Å². The number of nitrogens with one attached hydrogen (secondary N) is 3. The van der Waals surface area contributed by atoms with Gasteiger partial charge in [-0.25, -0.2) is 4.79 Å². The van der Waals surface area contributed by atoms with Crippen molar-refractivity contribution >= 4 is 29.3 Å². The Morgan fingerprint density at radius 3 is 2.11 bits per heavy atom. The molecule has 5 rings (SSSR count). The van der Waals surface area contributed by atoms with Crippen LogP contribution in [0.25, 0.3) is 11.1 Å². The Morgan fingerprint density at radius 2 is 1.50 bits per heavy atom. The van der Waals surface area contributed by atoms with E-state index in [1.807, 2.05) is 108 Å². The first-order chi connectivity index (χ1) is 22.0. The maximum atomic E-state index is 12.9. The fraction of sp³-hybridized carbons (Fsp3) is 0.432. The Hall–Kier alpha value is -4.21. The van der Waals surface area contributed by atoms with Crippen molar-refractivity contribution in [3.63, 3.8) is 0 Å². The summed E-state index contributed by atoms with van der Waals surface area (Å²) in [6.45, 7) is 14.0. The SMILES string of the molecule is CC.CN.Cc1ccc(NC(=O)C2CC2)cc1-c1ccc(C(=O)Nc2ccc(CN3CC[C@@H](NC(=O)OC(C)(C)C)C3)cc2)cc1. The van der Waals surface area contributed by atoms with Gasteiger partial charge in [0, 0.05) is 48.5 Å². The van der Waals surface area contributed by atoms with Crippen molar-refractivity contribution in [2.75, 3.05) is 30.8 Å². The third-order valence-electron chi connectivity index (χ3n) is 7.52. The number of benzene rings is 3. The molecule has 2 fully saturated rings. The van der Waals surface area contributed by atoms with Crippen molar-refractivity contribution in [1.82, 2.24) is 10.2 Å². The van der Waals surface area contributed by atoms with Crippen LogP contribution in [0.15, 0.2) is 66.7 Å². The van der Waals surface area contributed by atoms with Crippen LogP contribution in [0.5, 0.6) is 0 Å². The maximum absolute atomic E-state index is 12.9. The van der Waals surface area contributed by atoms with Crippen molar-refractivity contribution in [2.45, 2.75) is 79.0 Å². The lowest BCUT2D eigenvalue weighted by Gasteiger charge is -2.22. The molecule has 3 amide bonds. The van der Waals surface area contributed by atoms with Gasteiger partial charge in [0.2, 0.25) is 5.91 Å². The van der Waals surface area contributed by atoms with E-state index in [9.17, 15) is 14.4 Å². The Bertz CT molecular complexity index is 1440. The van der Waals surface area contributed by atoms with Crippen LogP contribution in [0.4, 0.5) is 16.2 Å². The van der Waals surface area contributed by atoms with Crippen molar-refractivity contribution in [2.24, 2.45) is 11.7 Å². The van der Waals surface area contributed by atoms with Crippen LogP contribution < -0.4 is 21.7 Å². The molecule has 1 heterocycles. The molecule has 0 unspecified atom stereocenters. The molecule has 9 nitrogen and oxygen atoms in total. The van der Waals surface area contributed by atoms with Crippen LogP contribution in [-0.4, -0.2) is 54.6 Å². The smallest absolute Gasteiger partial charge is 0.407 e. The number of carbonyl (C=O) groups is 3. The molecule has 5 N–H and O–H groups in total. The minimum atomic E-state index is -0.509. The van der Waals surface area contributed by atoms with Crippen LogP contribution in [0.1, 0.15) is 75.4 Å². The lowest BCUT2D eigenvalue weighted by atomic mass is 9.98. The molecule has 0 radical (unpaired) electrons. The summed E-state index contributed by atoms with van der Waals surface area (Å²) in [5, 5.41) is 8.96. The number of hydrogen-bond donors (Lipinski definition) is 4. The van der Waals surface area contributed by atoms with Crippen molar-refractivity contribution < 1.29 is 19.1 Å². The van der Waals surface area contributed by atoms with E-state index in [0.717, 1.165) is 72.5 Å². The minimum Gasteiger partial charge on any atom is -0.444 e. The molecule has 9 heteroatoms. The van der Waals surface area contributed by atoms with E-state index in [2.05, 4.69) is 26.6 Å². The average molecular weight is 630 g/mol. The molecule has 1 atom stereocenters. The molecule has 3 aromatic carbocycles. The molecule has 1 aliphatic heterocycles. The van der Waals surface area contributed by atoms with Gasteiger partial charge in [0.25, 0.3) is 5.91 Å². The second-order valence-electron chi connectivity index (χ2n) is 12.4. The van der Waals surface area contributed by atoms with Gasteiger partial charge in [-0.15, -0.1) is 0 Å². The van der Waals surface area contributed by atoms with E-state index in [-0.39, 0.29) is 29.9 Å². The van der Waals surface area contributed by atoms with Crippen molar-refractivity contribution in [3.05, 3.63) is 83.4 Å². The zero-order chi connectivity index (χ0) is 33.9. The molecule has 0 aromatic heterocycles. The monoisotopic (exact) mass is 629 g/mol. The maximum Gasteiger partial charge on any atom is 0.407 e. The number of nitrogens with zero attached hydrogens (tertiary/aromatic N) is 1. The molecule has 1 saturated heterocycles. The van der Waals surface area contributed by atoms with Gasteiger partial charge < -0.3 is 26.4 Å². The van der Waals surface area contributed by atoms with Gasteiger partial charge in [0.1, 0.15) is 5.60 Å². The quantitative estimate of drug-likeness (QED) is 0.213. The average Bonchev–Trinajstić information content (AvgIpc) is 3.81. The lowest BCUT2D eigenvalue weighted by molar-refractivity contribution is -0.117. The number of carbonyl (C=O) groups excluding carboxylic acids is 3. The van der Waals surface area contributed by atoms with E-state index >= 15 is 0 Å². The summed E-state index contributed by atoms with van der Waals surface area (Å²) >= 11 is 0. The third kappa shape index (κ3) is 11.0. The first kappa shape index (κ1) is 36.3. The molecule has 3 aromatic rings. The molecule has 2 aliphatic rings. The zero-order valence-corrected chi connectivity index (χ0v) is 28.4. The summed E-state index contributed by atoms with van der Waals surface area (Å²) < 4.78 is 5.37. The number of rotatable bonds is 8. The van der Waals surface area contributed by atoms with E-state index in [4.69, 9.17) is 4.74 Å². The van der Waals surface area contributed by atoms with Crippen LogP contribution >= 0.6 is 0 Å². The summed E-state index contributed by atoms with van der Waals surface area (Å²) in [5.41, 5.74) is 10.3. The number of ether oxygens (including phenoxy) is 1. The van der Waals surface area contributed by atoms with Crippen LogP contribution in [-0.2, 0) is 16.1 Å². The van der Waals surface area contributed by atoms with Gasteiger partial charge in [-0.2, -0.15) is 0 Å². The van der Waals surface area contributed by atoms with Gasteiger partial charge in [-0.3, -0.25) is 14.5 Å². The molecule has 0 spiro atoms. The number of hydrogen-bond acceptors (Lipinski definition) is 6. The second kappa shape index (κ2) is 16.9. The number of aryl methyl sites for hydroxylation is 1. The highest BCUT2D eigenvalue weighted by Crippen LogP contribution is 2.32. The van der Waals surface area contributed by atoms with Gasteiger partial charge in [0.05, 0.1) is 0 Å². The summed E-state index contributed by atoms with van der Waals surface area (Å²) in [5.74, 6) is 0.0607. The number of anilines is 2. The van der Waals surface area contributed by atoms with Crippen molar-refractivity contribution in [3.8, 4) is 11.1 Å². The van der Waals surface area contributed by atoms with Gasteiger partial charge in [-0.05, 0) is 113 Å². The topological polar surface area (TPSA) is 126 Å². The second-order valence-corrected chi connectivity index (χ2v) is 12.4. The molecule has 46 heavy (non-hydrogen) atoms. The highest BCUT2D eigenvalue weighted by molar-refractivity contribution is 6.04. The highest BCUT2D eigenvalue weighted by atomic mass is 16.6. The summed E-state index contributed by atoms with van der Waals surface area (Å²) in [6, 6.07) is 21.4. The number of alkyl carbamates (subject to hydrolysis) is 1. The molecule has 1 aliphatic carbocycles. The Labute approximate surface area is 274 Å². The predicted molar refractivity (Wildman–Crippen MR) is 187 cm³/mol. The minimum absolute atomic E-state index is 0.0749. The van der Waals surface area contributed by atoms with Gasteiger partial charge in [-0.1, -0.05) is 44.2 Å². The molecular formula is C37H51N5O4. The Balaban J connectivity index is 0.00000139. The van der Waals surface area contributed by atoms with E-state index in [0.29, 0.717) is 5.56 Å². The van der Waals surface area contributed by atoms with E-state index in [1.54, 1.807) is 0 Å². The zero-order valence-electron chi connectivity index (χ0n) is 28.4. The fourth-order valence-corrected chi connectivity index (χ4v) is 5.13. The number of likely N-dealkylation sites (tertiary alicyclic amines) is 1. The first-order valence-electron chi connectivity index (χ1n) is 16.2. The van der Waals surface area contributed by atoms with E-state index in [1.165, 1.54) is 7.05 Å². The number of amides is 3. The summed E-state index contributed by atoms with van der Waals surface area (Å²) in [4.78, 5) is 39.5. The normalized spacial score (nSPS) is 15.8. The molecular weight excluding hydrogens is 578 g/mol. The molecule has 1 saturated carbocycles. The molecule has 0 bridgehead atoms. The van der Waals surface area contributed by atoms with Crippen LogP contribution in [0.3, 0.4) is 0 Å². The van der Waals surface area contributed by atoms with E-state index < -0.39 is 5.60 Å². The summed E-state index contributed by atoms with van der Waals surface area (Å²) in [6.07, 6.45) is 2.44. The van der Waals surface area contributed by atoms with Gasteiger partial charge in [0.15, 0.2) is 0 Å². The largest absolute Gasteiger partial charge is 0.444 e. The highest BCUT2D eigenvalue weighted by Gasteiger charge is 2.29.